The fraction of sp³-hybridized carbons (Fsp3) is 0.385. The molecule has 1 aliphatic rings. The van der Waals surface area contributed by atoms with Crippen LogP contribution in [0.25, 0.3) is 22.3 Å². The molecule has 1 amide bonds. The predicted octanol–water partition coefficient (Wildman–Crippen LogP) is 3.34. The number of benzene rings is 1. The maximum absolute atomic E-state index is 13.2. The highest BCUT2D eigenvalue weighted by Gasteiger charge is 2.19. The fourth-order valence-electron chi connectivity index (χ4n) is 4.17. The normalized spacial score (nSPS) is 14.3. The van der Waals surface area contributed by atoms with Gasteiger partial charge < -0.3 is 24.3 Å². The number of aryl methyl sites for hydroxylation is 3. The fourth-order valence-corrected chi connectivity index (χ4v) is 4.17. The van der Waals surface area contributed by atoms with Crippen LogP contribution in [0.3, 0.4) is 0 Å². The van der Waals surface area contributed by atoms with Crippen molar-refractivity contribution in [1.29, 1.82) is 0 Å². The van der Waals surface area contributed by atoms with Crippen LogP contribution in [0.15, 0.2) is 41.5 Å². The van der Waals surface area contributed by atoms with E-state index in [1.165, 1.54) is 0 Å². The number of nitrogens with one attached hydrogen (secondary N) is 2. The molecule has 10 heteroatoms. The van der Waals surface area contributed by atoms with Gasteiger partial charge in [0.25, 0.3) is 5.91 Å². The van der Waals surface area contributed by atoms with E-state index in [2.05, 4.69) is 32.3 Å². The van der Waals surface area contributed by atoms with Crippen LogP contribution in [-0.2, 0) is 18.8 Å². The molecule has 1 saturated heterocycles. The number of anilines is 1. The third-order valence-electron chi connectivity index (χ3n) is 6.24. The minimum Gasteiger partial charge on any atom is -0.477 e. The number of carbonyl (C=O) groups is 1. The molecular weight excluding hydrogens is 458 g/mol. The molecule has 0 aliphatic carbocycles. The van der Waals surface area contributed by atoms with Crippen LogP contribution >= 0.6 is 0 Å². The summed E-state index contributed by atoms with van der Waals surface area (Å²) in [5.74, 6) is 0.281. The van der Waals surface area contributed by atoms with E-state index in [1.54, 1.807) is 23.0 Å². The summed E-state index contributed by atoms with van der Waals surface area (Å²) in [5.41, 5.74) is 5.86. The van der Waals surface area contributed by atoms with Gasteiger partial charge in [0.1, 0.15) is 0 Å². The average molecular weight is 490 g/mol. The Morgan fingerprint density at radius 1 is 1.28 bits per heavy atom. The van der Waals surface area contributed by atoms with E-state index >= 15 is 0 Å². The van der Waals surface area contributed by atoms with Crippen molar-refractivity contribution in [1.82, 2.24) is 24.3 Å². The number of aromatic amines is 1. The van der Waals surface area contributed by atoms with E-state index < -0.39 is 0 Å². The molecule has 0 atom stereocenters. The molecule has 2 N–H and O–H groups in total. The standard InChI is InChI=1S/C26H31N7O3/c1-5-6-9-36-25-20(13-27-33(25)4)21-11-17(10-16(2)28-21)24(34)31-26-30-22-12-18(29-19-14-35-15-19)7-8-23(22)32(26)3/h7-8,10-13,19,29H,5-6,9,14-15H2,1-4H3,(H,30,31,34). The Labute approximate surface area is 209 Å². The first-order chi connectivity index (χ1) is 17.4. The van der Waals surface area contributed by atoms with Crippen molar-refractivity contribution in [2.45, 2.75) is 32.7 Å². The highest BCUT2D eigenvalue weighted by molar-refractivity contribution is 5.96. The van der Waals surface area contributed by atoms with Crippen LogP contribution in [0.2, 0.25) is 0 Å². The number of pyridine rings is 1. The summed E-state index contributed by atoms with van der Waals surface area (Å²) in [6.07, 6.45) is 3.70. The summed E-state index contributed by atoms with van der Waals surface area (Å²) in [6.45, 7) is 6.00. The molecule has 0 bridgehead atoms. The number of ether oxygens (including phenoxy) is 2. The second-order valence-corrected chi connectivity index (χ2v) is 9.11. The zero-order valence-electron chi connectivity index (χ0n) is 21.0. The molecule has 0 spiro atoms. The van der Waals surface area contributed by atoms with Crippen LogP contribution in [0.1, 0.15) is 35.8 Å². The zero-order chi connectivity index (χ0) is 25.2. The van der Waals surface area contributed by atoms with Crippen LogP contribution in [0, 0.1) is 6.92 Å². The maximum Gasteiger partial charge on any atom is 0.280 e. The van der Waals surface area contributed by atoms with Crippen molar-refractivity contribution >= 4 is 22.6 Å². The third kappa shape index (κ3) is 4.76. The largest absolute Gasteiger partial charge is 0.477 e. The second kappa shape index (κ2) is 9.98. The number of H-pyrrole nitrogens is 1. The second-order valence-electron chi connectivity index (χ2n) is 9.11. The molecule has 4 aromatic rings. The highest BCUT2D eigenvalue weighted by Crippen LogP contribution is 2.29. The van der Waals surface area contributed by atoms with Crippen LogP contribution in [-0.4, -0.2) is 56.1 Å². The van der Waals surface area contributed by atoms with E-state index in [-0.39, 0.29) is 5.91 Å². The van der Waals surface area contributed by atoms with E-state index in [9.17, 15) is 4.79 Å². The number of fused-ring (bicyclic) bond motifs is 1. The monoisotopic (exact) mass is 489 g/mol. The molecule has 3 aromatic heterocycles. The number of unbranched alkanes of at least 4 members (excludes halogenated alkanes) is 1. The molecule has 5 rings (SSSR count). The van der Waals surface area contributed by atoms with Crippen LogP contribution < -0.4 is 15.7 Å². The third-order valence-corrected chi connectivity index (χ3v) is 6.24. The first-order valence-corrected chi connectivity index (χ1v) is 12.2. The van der Waals surface area contributed by atoms with Crippen molar-refractivity contribution < 1.29 is 14.3 Å². The number of carbonyl (C=O) groups excluding carboxylic acids is 1. The molecule has 188 valence electrons. The van der Waals surface area contributed by atoms with Gasteiger partial charge in [-0.1, -0.05) is 13.3 Å². The van der Waals surface area contributed by atoms with Gasteiger partial charge in [-0.15, -0.1) is 0 Å². The zero-order valence-corrected chi connectivity index (χ0v) is 21.0. The Morgan fingerprint density at radius 3 is 2.86 bits per heavy atom. The van der Waals surface area contributed by atoms with Gasteiger partial charge in [0.15, 0.2) is 0 Å². The summed E-state index contributed by atoms with van der Waals surface area (Å²) in [4.78, 5) is 25.5. The van der Waals surface area contributed by atoms with Crippen molar-refractivity contribution in [3.05, 3.63) is 53.4 Å². The molecule has 0 unspecified atom stereocenters. The van der Waals surface area contributed by atoms with Gasteiger partial charge in [-0.25, -0.2) is 4.68 Å². The number of amides is 1. The van der Waals surface area contributed by atoms with Crippen molar-refractivity contribution in [2.24, 2.45) is 19.1 Å². The molecule has 1 aromatic carbocycles. The number of imidazole rings is 1. The van der Waals surface area contributed by atoms with Gasteiger partial charge in [-0.3, -0.25) is 9.78 Å². The van der Waals surface area contributed by atoms with Crippen LogP contribution in [0.5, 0.6) is 5.88 Å². The molecular formula is C26H31N7O3. The van der Waals surface area contributed by atoms with Crippen LogP contribution in [0.4, 0.5) is 5.69 Å². The Bertz CT molecular complexity index is 1480. The summed E-state index contributed by atoms with van der Waals surface area (Å²) >= 11 is 0. The van der Waals surface area contributed by atoms with Gasteiger partial charge in [0.05, 0.1) is 54.4 Å². The van der Waals surface area contributed by atoms with Crippen molar-refractivity contribution in [3.8, 4) is 17.1 Å². The van der Waals surface area contributed by atoms with E-state index in [0.717, 1.165) is 35.1 Å². The molecule has 0 radical (unpaired) electrons. The first-order valence-electron chi connectivity index (χ1n) is 12.2. The van der Waals surface area contributed by atoms with Crippen molar-refractivity contribution in [3.63, 3.8) is 0 Å². The van der Waals surface area contributed by atoms with Gasteiger partial charge in [0.2, 0.25) is 11.5 Å². The summed E-state index contributed by atoms with van der Waals surface area (Å²) in [6, 6.07) is 9.87. The number of aromatic nitrogens is 5. The molecule has 1 aliphatic heterocycles. The summed E-state index contributed by atoms with van der Waals surface area (Å²) in [7, 11) is 3.72. The number of rotatable bonds is 8. The Morgan fingerprint density at radius 2 is 2.11 bits per heavy atom. The molecule has 0 saturated carbocycles. The SMILES string of the molecule is CCCCOc1c(-c2cc(C(=O)/N=c3\[nH]c4cc(NC5COC5)ccc4n3C)cc(C)n2)cnn1C. The lowest BCUT2D eigenvalue weighted by Gasteiger charge is -2.27. The Balaban J connectivity index is 1.45. The molecule has 4 heterocycles. The van der Waals surface area contributed by atoms with Gasteiger partial charge >= 0.3 is 0 Å². The van der Waals surface area contributed by atoms with Gasteiger partial charge in [0, 0.05) is 31.0 Å². The lowest BCUT2D eigenvalue weighted by Crippen LogP contribution is -2.40. The first kappa shape index (κ1) is 23.8. The molecule has 1 fully saturated rings. The number of nitrogens with zero attached hydrogens (tertiary/aromatic N) is 5. The molecule has 36 heavy (non-hydrogen) atoms. The van der Waals surface area contributed by atoms with E-state index in [4.69, 9.17) is 9.47 Å². The summed E-state index contributed by atoms with van der Waals surface area (Å²) in [5, 5.41) is 7.78. The average Bonchev–Trinajstić information content (AvgIpc) is 3.35. The number of hydrogen-bond donors (Lipinski definition) is 2. The Kier molecular flexibility index (Phi) is 6.60. The lowest BCUT2D eigenvalue weighted by molar-refractivity contribution is 0.0211. The smallest absolute Gasteiger partial charge is 0.280 e. The number of hydrogen-bond acceptors (Lipinski definition) is 6. The molecule has 10 nitrogen and oxygen atoms in total. The quantitative estimate of drug-likeness (QED) is 0.367. The maximum atomic E-state index is 13.2. The Hall–Kier alpha value is -3.92. The predicted molar refractivity (Wildman–Crippen MR) is 137 cm³/mol. The van der Waals surface area contributed by atoms with E-state index in [0.29, 0.717) is 54.3 Å². The summed E-state index contributed by atoms with van der Waals surface area (Å²) < 4.78 is 14.8. The highest BCUT2D eigenvalue weighted by atomic mass is 16.5. The minimum atomic E-state index is -0.355. The lowest BCUT2D eigenvalue weighted by atomic mass is 10.1. The van der Waals surface area contributed by atoms with Crippen molar-refractivity contribution in [2.75, 3.05) is 25.1 Å². The van der Waals surface area contributed by atoms with E-state index in [1.807, 2.05) is 43.8 Å². The van der Waals surface area contributed by atoms with Gasteiger partial charge in [-0.05, 0) is 43.7 Å². The van der Waals surface area contributed by atoms with Gasteiger partial charge in [-0.2, -0.15) is 10.1 Å². The minimum absolute atomic E-state index is 0.332. The topological polar surface area (TPSA) is 111 Å².